The van der Waals surface area contributed by atoms with E-state index in [9.17, 15) is 14.4 Å². The van der Waals surface area contributed by atoms with Crippen molar-refractivity contribution < 1.29 is 14.4 Å². The molecule has 1 aromatic carbocycles. The molecule has 156 valence electrons. The lowest BCUT2D eigenvalue weighted by Gasteiger charge is -2.42. The van der Waals surface area contributed by atoms with E-state index in [1.807, 2.05) is 31.2 Å². The number of carbonyl (C=O) groups is 3. The Labute approximate surface area is 176 Å². The zero-order chi connectivity index (χ0) is 21.1. The second-order valence-electron chi connectivity index (χ2n) is 7.98. The van der Waals surface area contributed by atoms with Crippen molar-refractivity contribution in [2.45, 2.75) is 32.4 Å². The molecule has 3 heterocycles. The Kier molecular flexibility index (Phi) is 5.79. The van der Waals surface area contributed by atoms with Gasteiger partial charge in [0.05, 0.1) is 5.56 Å². The minimum atomic E-state index is -0.435. The molecule has 2 fully saturated rings. The average molecular weight is 406 g/mol. The van der Waals surface area contributed by atoms with Crippen LogP contribution in [0.3, 0.4) is 0 Å². The van der Waals surface area contributed by atoms with Gasteiger partial charge in [0.25, 0.3) is 5.91 Å². The lowest BCUT2D eigenvalue weighted by atomic mass is 10.0. The Morgan fingerprint density at radius 2 is 1.73 bits per heavy atom. The van der Waals surface area contributed by atoms with Gasteiger partial charge in [0.1, 0.15) is 0 Å². The molecule has 0 spiro atoms. The van der Waals surface area contributed by atoms with Crippen molar-refractivity contribution in [3.8, 4) is 0 Å². The fourth-order valence-corrected chi connectivity index (χ4v) is 4.16. The first-order chi connectivity index (χ1) is 14.5. The summed E-state index contributed by atoms with van der Waals surface area (Å²) >= 11 is 0. The zero-order valence-corrected chi connectivity index (χ0v) is 17.2. The number of rotatable bonds is 4. The summed E-state index contributed by atoms with van der Waals surface area (Å²) in [6.45, 7) is 4.70. The van der Waals surface area contributed by atoms with Crippen molar-refractivity contribution in [2.24, 2.45) is 0 Å². The molecule has 0 unspecified atom stereocenters. The van der Waals surface area contributed by atoms with E-state index in [2.05, 4.69) is 4.98 Å². The number of nitrogens with zero attached hydrogens (tertiary/aromatic N) is 4. The maximum Gasteiger partial charge on any atom is 0.312 e. The summed E-state index contributed by atoms with van der Waals surface area (Å²) in [7, 11) is 0. The molecule has 30 heavy (non-hydrogen) atoms. The van der Waals surface area contributed by atoms with Crippen LogP contribution in [-0.4, -0.2) is 69.6 Å². The number of piperidine rings is 1. The summed E-state index contributed by atoms with van der Waals surface area (Å²) < 4.78 is 0. The Hall–Kier alpha value is -3.22. The highest BCUT2D eigenvalue weighted by Gasteiger charge is 2.38. The molecule has 0 bridgehead atoms. The summed E-state index contributed by atoms with van der Waals surface area (Å²) in [5, 5.41) is 0. The molecule has 0 radical (unpaired) electrons. The largest absolute Gasteiger partial charge is 0.338 e. The fraction of sp³-hybridized carbons (Fsp3) is 0.391. The van der Waals surface area contributed by atoms with Crippen LogP contribution >= 0.6 is 0 Å². The number of piperazine rings is 1. The molecule has 0 saturated carbocycles. The second kappa shape index (κ2) is 8.65. The number of likely N-dealkylation sites (tertiary alicyclic amines) is 1. The van der Waals surface area contributed by atoms with Crippen LogP contribution in [0.15, 0.2) is 48.8 Å². The SMILES string of the molecule is Cc1ccc(CN2CCN(C3CCN(C(=O)c4cccnc4)CC3)C(=O)C2=O)cc1. The van der Waals surface area contributed by atoms with E-state index in [4.69, 9.17) is 0 Å². The van der Waals surface area contributed by atoms with Crippen LogP contribution in [0.25, 0.3) is 0 Å². The number of amides is 3. The fourth-order valence-electron chi connectivity index (χ4n) is 4.16. The Bertz CT molecular complexity index is 921. The van der Waals surface area contributed by atoms with Gasteiger partial charge in [-0.15, -0.1) is 0 Å². The first-order valence-electron chi connectivity index (χ1n) is 10.4. The standard InChI is InChI=1S/C23H26N4O3/c1-17-4-6-18(7-5-17)16-26-13-14-27(23(30)22(26)29)20-8-11-25(12-9-20)21(28)19-3-2-10-24-15-19/h2-7,10,15,20H,8-9,11-14,16H2,1H3. The van der Waals surface area contributed by atoms with Crippen LogP contribution in [0.4, 0.5) is 0 Å². The van der Waals surface area contributed by atoms with E-state index in [1.165, 1.54) is 5.56 Å². The highest BCUT2D eigenvalue weighted by Crippen LogP contribution is 2.21. The molecular formula is C23H26N4O3. The minimum absolute atomic E-state index is 0.000855. The number of aromatic nitrogens is 1. The van der Waals surface area contributed by atoms with Gasteiger partial charge in [0.2, 0.25) is 0 Å². The molecule has 0 aliphatic carbocycles. The molecule has 7 nitrogen and oxygen atoms in total. The van der Waals surface area contributed by atoms with Crippen LogP contribution in [0.1, 0.15) is 34.3 Å². The van der Waals surface area contributed by atoms with Gasteiger partial charge >= 0.3 is 11.8 Å². The van der Waals surface area contributed by atoms with E-state index < -0.39 is 11.8 Å². The maximum absolute atomic E-state index is 12.8. The Balaban J connectivity index is 1.33. The molecular weight excluding hydrogens is 380 g/mol. The van der Waals surface area contributed by atoms with Gasteiger partial charge in [-0.2, -0.15) is 0 Å². The quantitative estimate of drug-likeness (QED) is 0.727. The third kappa shape index (κ3) is 4.20. The molecule has 3 amide bonds. The number of carbonyl (C=O) groups excluding carboxylic acids is 3. The molecule has 4 rings (SSSR count). The van der Waals surface area contributed by atoms with Crippen molar-refractivity contribution in [3.05, 3.63) is 65.5 Å². The predicted octanol–water partition coefficient (Wildman–Crippen LogP) is 1.87. The summed E-state index contributed by atoms with van der Waals surface area (Å²) in [4.78, 5) is 47.2. The van der Waals surface area contributed by atoms with E-state index in [-0.39, 0.29) is 11.9 Å². The minimum Gasteiger partial charge on any atom is -0.338 e. The smallest absolute Gasteiger partial charge is 0.312 e. The topological polar surface area (TPSA) is 73.8 Å². The monoisotopic (exact) mass is 406 g/mol. The van der Waals surface area contributed by atoms with Crippen LogP contribution in [-0.2, 0) is 16.1 Å². The number of hydrogen-bond acceptors (Lipinski definition) is 4. The van der Waals surface area contributed by atoms with E-state index in [0.717, 1.165) is 5.56 Å². The maximum atomic E-state index is 12.8. The highest BCUT2D eigenvalue weighted by atomic mass is 16.2. The van der Waals surface area contributed by atoms with Crippen molar-refractivity contribution in [3.63, 3.8) is 0 Å². The van der Waals surface area contributed by atoms with Gasteiger partial charge in [-0.05, 0) is 37.5 Å². The first kappa shape index (κ1) is 20.1. The zero-order valence-electron chi connectivity index (χ0n) is 17.2. The van der Waals surface area contributed by atoms with Crippen molar-refractivity contribution in [1.29, 1.82) is 0 Å². The number of pyridine rings is 1. The van der Waals surface area contributed by atoms with Gasteiger partial charge in [0.15, 0.2) is 0 Å². The predicted molar refractivity (Wildman–Crippen MR) is 111 cm³/mol. The average Bonchev–Trinajstić information content (AvgIpc) is 2.79. The first-order valence-corrected chi connectivity index (χ1v) is 10.4. The third-order valence-corrected chi connectivity index (χ3v) is 5.94. The summed E-state index contributed by atoms with van der Waals surface area (Å²) in [6.07, 6.45) is 4.58. The molecule has 0 atom stereocenters. The van der Waals surface area contributed by atoms with Crippen molar-refractivity contribution >= 4 is 17.7 Å². The molecule has 2 aliphatic heterocycles. The van der Waals surface area contributed by atoms with E-state index in [0.29, 0.717) is 51.1 Å². The lowest BCUT2D eigenvalue weighted by Crippen LogP contribution is -2.59. The summed E-state index contributed by atoms with van der Waals surface area (Å²) in [5.41, 5.74) is 2.77. The molecule has 1 aromatic heterocycles. The number of hydrogen-bond donors (Lipinski definition) is 0. The normalized spacial score (nSPS) is 18.1. The van der Waals surface area contributed by atoms with Crippen molar-refractivity contribution in [2.75, 3.05) is 26.2 Å². The van der Waals surface area contributed by atoms with E-state index >= 15 is 0 Å². The Morgan fingerprint density at radius 1 is 1.00 bits per heavy atom. The second-order valence-corrected chi connectivity index (χ2v) is 7.98. The molecule has 7 heteroatoms. The van der Waals surface area contributed by atoms with Crippen LogP contribution < -0.4 is 0 Å². The van der Waals surface area contributed by atoms with Gasteiger partial charge in [-0.25, -0.2) is 0 Å². The summed E-state index contributed by atoms with van der Waals surface area (Å²) in [5.74, 6) is -0.895. The van der Waals surface area contributed by atoms with Crippen LogP contribution in [0.2, 0.25) is 0 Å². The molecule has 0 N–H and O–H groups in total. The van der Waals surface area contributed by atoms with Gasteiger partial charge < -0.3 is 14.7 Å². The van der Waals surface area contributed by atoms with Gasteiger partial charge in [-0.3, -0.25) is 19.4 Å². The van der Waals surface area contributed by atoms with Crippen LogP contribution in [0, 0.1) is 6.92 Å². The molecule has 2 aromatic rings. The highest BCUT2D eigenvalue weighted by molar-refractivity contribution is 6.35. The number of benzene rings is 1. The molecule has 2 saturated heterocycles. The summed E-state index contributed by atoms with van der Waals surface area (Å²) in [6, 6.07) is 11.5. The van der Waals surface area contributed by atoms with E-state index in [1.54, 1.807) is 39.2 Å². The number of aryl methyl sites for hydroxylation is 1. The van der Waals surface area contributed by atoms with Gasteiger partial charge in [-0.1, -0.05) is 29.8 Å². The Morgan fingerprint density at radius 3 is 2.40 bits per heavy atom. The third-order valence-electron chi connectivity index (χ3n) is 5.94. The van der Waals surface area contributed by atoms with Crippen molar-refractivity contribution in [1.82, 2.24) is 19.7 Å². The van der Waals surface area contributed by atoms with Gasteiger partial charge in [0, 0.05) is 51.2 Å². The molecule has 2 aliphatic rings. The lowest BCUT2D eigenvalue weighted by molar-refractivity contribution is -0.158. The van der Waals surface area contributed by atoms with Crippen LogP contribution in [0.5, 0.6) is 0 Å².